The van der Waals surface area contributed by atoms with Crippen LogP contribution in [-0.2, 0) is 17.8 Å². The van der Waals surface area contributed by atoms with E-state index in [4.69, 9.17) is 9.47 Å². The molecule has 0 bridgehead atoms. The summed E-state index contributed by atoms with van der Waals surface area (Å²) in [6.07, 6.45) is 8.39. The van der Waals surface area contributed by atoms with E-state index in [1.165, 1.54) is 28.0 Å². The van der Waals surface area contributed by atoms with Crippen LogP contribution in [0, 0.1) is 16.7 Å². The van der Waals surface area contributed by atoms with Gasteiger partial charge >= 0.3 is 0 Å². The smallest absolute Gasteiger partial charge is 0.264 e. The highest BCUT2D eigenvalue weighted by atomic mass is 16.5. The van der Waals surface area contributed by atoms with Gasteiger partial charge in [0.2, 0.25) is 0 Å². The zero-order valence-corrected chi connectivity index (χ0v) is 29.8. The van der Waals surface area contributed by atoms with Gasteiger partial charge in [-0.05, 0) is 99.0 Å². The Bertz CT molecular complexity index is 1660. The largest absolute Gasteiger partial charge is 0.496 e. The molecule has 48 heavy (non-hydrogen) atoms. The highest BCUT2D eigenvalue weighted by Gasteiger charge is 2.38. The highest BCUT2D eigenvalue weighted by molar-refractivity contribution is 5.98. The van der Waals surface area contributed by atoms with Gasteiger partial charge in [-0.1, -0.05) is 37.3 Å². The van der Waals surface area contributed by atoms with Crippen molar-refractivity contribution >= 4 is 17.2 Å². The van der Waals surface area contributed by atoms with Crippen molar-refractivity contribution in [1.82, 2.24) is 15.1 Å². The summed E-state index contributed by atoms with van der Waals surface area (Å²) in [5.74, 6) is 1.47. The number of allylic oxidation sites excluding steroid dienone is 4. The van der Waals surface area contributed by atoms with Crippen molar-refractivity contribution in [3.8, 4) is 17.6 Å². The van der Waals surface area contributed by atoms with Crippen LogP contribution in [0.2, 0.25) is 0 Å². The fraction of sp³-hybridized carbons (Fsp3) is 0.450. The number of ether oxygens (including phenoxy) is 2. The van der Waals surface area contributed by atoms with Crippen LogP contribution in [0.4, 0.5) is 5.69 Å². The second-order valence-electron chi connectivity index (χ2n) is 13.8. The van der Waals surface area contributed by atoms with Gasteiger partial charge in [0.1, 0.15) is 23.1 Å². The zero-order chi connectivity index (χ0) is 34.6. The zero-order valence-electron chi connectivity index (χ0n) is 29.8. The first-order chi connectivity index (χ1) is 23.0. The lowest BCUT2D eigenvalue weighted by Gasteiger charge is -2.41. The van der Waals surface area contributed by atoms with Gasteiger partial charge < -0.3 is 24.6 Å². The molecule has 1 amide bonds. The lowest BCUT2D eigenvalue weighted by molar-refractivity contribution is -0.129. The molecule has 1 N–H and O–H groups in total. The van der Waals surface area contributed by atoms with Gasteiger partial charge in [0.05, 0.1) is 25.8 Å². The minimum atomic E-state index is -0.144. The average Bonchev–Trinajstić information content (AvgIpc) is 3.83. The summed E-state index contributed by atoms with van der Waals surface area (Å²) in [7, 11) is 3.44. The molecule has 3 aliphatic rings. The monoisotopic (exact) mass is 649 g/mol. The number of anilines is 1. The Hall–Kier alpha value is -4.48. The third-order valence-corrected chi connectivity index (χ3v) is 10.4. The van der Waals surface area contributed by atoms with Crippen molar-refractivity contribution in [2.24, 2.45) is 5.41 Å². The molecule has 1 aliphatic carbocycles. The van der Waals surface area contributed by atoms with E-state index in [2.05, 4.69) is 92.7 Å². The van der Waals surface area contributed by atoms with E-state index >= 15 is 0 Å². The molecular weight excluding hydrogens is 598 g/mol. The van der Waals surface area contributed by atoms with Crippen LogP contribution in [0.5, 0.6) is 11.5 Å². The summed E-state index contributed by atoms with van der Waals surface area (Å²) in [4.78, 5) is 20.3. The number of rotatable bonds is 11. The van der Waals surface area contributed by atoms with Gasteiger partial charge in [0, 0.05) is 56.7 Å². The number of fused-ring (bicyclic) bond motifs is 1. The number of nitrogens with zero attached hydrogens (tertiary/aromatic N) is 4. The number of methoxy groups -OCH3 is 2. The summed E-state index contributed by atoms with van der Waals surface area (Å²) in [6.45, 7) is 19.3. The Morgan fingerprint density at radius 1 is 1.08 bits per heavy atom. The number of nitrogens with one attached hydrogen (secondary N) is 1. The number of piperazine rings is 1. The topological polar surface area (TPSA) is 81.1 Å². The Morgan fingerprint density at radius 2 is 1.75 bits per heavy atom. The summed E-state index contributed by atoms with van der Waals surface area (Å²) in [6, 6.07) is 12.8. The van der Waals surface area contributed by atoms with E-state index < -0.39 is 0 Å². The average molecular weight is 650 g/mol. The Kier molecular flexibility index (Phi) is 10.7. The summed E-state index contributed by atoms with van der Waals surface area (Å²) in [5, 5.41) is 12.9. The third-order valence-electron chi connectivity index (χ3n) is 10.4. The standard InChI is InChI=1S/C40H51N5O3/c1-9-42-25-34(28(4)27(2)3)30-21-37(47-7)35(38(22-30)48-8)26-43-17-19-44(20-18-43)36-12-10-11-32-29(5)45(16-13-33(32)36)39(46)31(24-41)23-40(6)14-15-40/h9-12,21-23,25,29,42H,1,13-20,26H2,2-8H3/b31-23+,34-25+. The molecule has 2 aliphatic heterocycles. The first-order valence-electron chi connectivity index (χ1n) is 17.0. The van der Waals surface area contributed by atoms with Crippen LogP contribution in [-0.4, -0.2) is 62.7 Å². The molecule has 8 heteroatoms. The molecule has 2 fully saturated rings. The first kappa shape index (κ1) is 34.8. The third kappa shape index (κ3) is 7.32. The fourth-order valence-electron chi connectivity index (χ4n) is 6.90. The summed E-state index contributed by atoms with van der Waals surface area (Å²) >= 11 is 0. The van der Waals surface area contributed by atoms with Crippen molar-refractivity contribution in [3.63, 3.8) is 0 Å². The molecule has 1 saturated carbocycles. The molecule has 1 unspecified atom stereocenters. The molecule has 5 rings (SSSR count). The predicted molar refractivity (Wildman–Crippen MR) is 194 cm³/mol. The minimum Gasteiger partial charge on any atom is -0.496 e. The van der Waals surface area contributed by atoms with Gasteiger partial charge in [0.25, 0.3) is 5.91 Å². The summed E-state index contributed by atoms with van der Waals surface area (Å²) < 4.78 is 11.9. The number of benzene rings is 2. The number of hydrogen-bond acceptors (Lipinski definition) is 7. The van der Waals surface area contributed by atoms with Gasteiger partial charge in [-0.25, -0.2) is 0 Å². The van der Waals surface area contributed by atoms with E-state index in [-0.39, 0.29) is 22.9 Å². The molecule has 0 aromatic heterocycles. The molecule has 2 aromatic carbocycles. The molecule has 1 atom stereocenters. The van der Waals surface area contributed by atoms with Gasteiger partial charge in [0.15, 0.2) is 0 Å². The molecule has 1 saturated heterocycles. The highest BCUT2D eigenvalue weighted by Crippen LogP contribution is 2.47. The van der Waals surface area contributed by atoms with Crippen LogP contribution >= 0.6 is 0 Å². The Morgan fingerprint density at radius 3 is 2.31 bits per heavy atom. The number of hydrogen-bond donors (Lipinski definition) is 1. The lowest BCUT2D eigenvalue weighted by Crippen LogP contribution is -2.47. The molecule has 254 valence electrons. The molecule has 8 nitrogen and oxygen atoms in total. The van der Waals surface area contributed by atoms with Gasteiger partial charge in [-0.2, -0.15) is 5.26 Å². The van der Waals surface area contributed by atoms with Crippen LogP contribution < -0.4 is 19.7 Å². The maximum absolute atomic E-state index is 13.5. The minimum absolute atomic E-state index is 0.00112. The van der Waals surface area contributed by atoms with E-state index in [0.717, 1.165) is 80.2 Å². The maximum atomic E-state index is 13.5. The summed E-state index contributed by atoms with van der Waals surface area (Å²) in [5.41, 5.74) is 9.58. The second kappa shape index (κ2) is 14.7. The van der Waals surface area contributed by atoms with Crippen LogP contribution in [0.25, 0.3) is 5.57 Å². The molecule has 0 spiro atoms. The van der Waals surface area contributed by atoms with Crippen molar-refractivity contribution in [2.75, 3.05) is 51.8 Å². The SMILES string of the molecule is C=CN/C=C(\C(C)=C(C)C)c1cc(OC)c(CN2CCN(c3cccc4c3CCN(C(=O)/C(C#N)=C/C3(C)CC3)C4C)CC2)c(OC)c1. The molecule has 2 aromatic rings. The number of carbonyl (C=O) groups excluding carboxylic acids is 1. The maximum Gasteiger partial charge on any atom is 0.264 e. The van der Waals surface area contributed by atoms with Gasteiger partial charge in [-0.15, -0.1) is 0 Å². The molecular formula is C40H51N5O3. The number of nitriles is 1. The predicted octanol–water partition coefficient (Wildman–Crippen LogP) is 7.15. The van der Waals surface area contributed by atoms with Crippen molar-refractivity contribution in [3.05, 3.63) is 94.4 Å². The van der Waals surface area contributed by atoms with Crippen LogP contribution in [0.1, 0.15) is 75.8 Å². The van der Waals surface area contributed by atoms with Crippen LogP contribution in [0.3, 0.4) is 0 Å². The quantitative estimate of drug-likeness (QED) is 0.157. The van der Waals surface area contributed by atoms with E-state index in [1.807, 2.05) is 17.2 Å². The van der Waals surface area contributed by atoms with E-state index in [9.17, 15) is 10.1 Å². The lowest BCUT2D eigenvalue weighted by atomic mass is 9.90. The van der Waals surface area contributed by atoms with E-state index in [1.54, 1.807) is 20.4 Å². The normalized spacial score (nSPS) is 19.2. The second-order valence-corrected chi connectivity index (χ2v) is 13.8. The van der Waals surface area contributed by atoms with Gasteiger partial charge in [-0.3, -0.25) is 9.69 Å². The van der Waals surface area contributed by atoms with E-state index in [0.29, 0.717) is 6.54 Å². The number of carbonyl (C=O) groups is 1. The van der Waals surface area contributed by atoms with Crippen molar-refractivity contribution in [1.29, 1.82) is 5.26 Å². The van der Waals surface area contributed by atoms with Crippen molar-refractivity contribution < 1.29 is 14.3 Å². The first-order valence-corrected chi connectivity index (χ1v) is 17.0. The fourth-order valence-corrected chi connectivity index (χ4v) is 6.90. The molecule has 2 heterocycles. The molecule has 0 radical (unpaired) electrons. The Balaban J connectivity index is 1.30. The van der Waals surface area contributed by atoms with Crippen molar-refractivity contribution in [2.45, 2.75) is 66.5 Å². The Labute approximate surface area is 287 Å². The number of amides is 1. The van der Waals surface area contributed by atoms with Crippen LogP contribution in [0.15, 0.2) is 72.1 Å².